The maximum Gasteiger partial charge on any atom is 0.323 e. The Kier molecular flexibility index (Phi) is 8.04. The molecule has 1 heterocycles. The lowest BCUT2D eigenvalue weighted by atomic mass is 9.99. The molecule has 3 N–H and O–H groups in total. The molecule has 3 aromatic carbocycles. The lowest BCUT2D eigenvalue weighted by Crippen LogP contribution is -2.50. The topological polar surface area (TPSA) is 94.1 Å². The van der Waals surface area contributed by atoms with Crippen LogP contribution < -0.4 is 15.4 Å². The molecule has 0 spiro atoms. The van der Waals surface area contributed by atoms with Gasteiger partial charge in [-0.05, 0) is 56.3 Å². The third kappa shape index (κ3) is 6.18. The highest BCUT2D eigenvalue weighted by Gasteiger charge is 2.35. The number of likely N-dealkylation sites (N-methyl/N-ethyl adjacent to an activating group) is 1. The monoisotopic (exact) mass is 530 g/mol. The van der Waals surface area contributed by atoms with Gasteiger partial charge >= 0.3 is 6.03 Å². The number of urea groups is 1. The standard InChI is InChI=1S/C31H38N4O4/c1-20-16-35(21(2)19-36)30(37)25-11-7-13-27(29(25)39-28(20)18-34(3)17-22-14-15-22)33-31(38)32-26-12-6-9-23-8-4-5-10-24(23)26/h4-13,20-22,28,36H,14-19H2,1-3H3,(H2,32,33,38)/t20-,21+,28-/m1/s1. The number of hydrogen-bond acceptors (Lipinski definition) is 5. The van der Waals surface area contributed by atoms with E-state index in [1.54, 1.807) is 23.1 Å². The van der Waals surface area contributed by atoms with Crippen LogP contribution in [0.1, 0.15) is 37.0 Å². The Morgan fingerprint density at radius 3 is 2.51 bits per heavy atom. The summed E-state index contributed by atoms with van der Waals surface area (Å²) in [4.78, 5) is 30.9. The fourth-order valence-electron chi connectivity index (χ4n) is 5.29. The second-order valence-electron chi connectivity index (χ2n) is 11.1. The highest BCUT2D eigenvalue weighted by atomic mass is 16.5. The van der Waals surface area contributed by atoms with Crippen LogP contribution in [0.4, 0.5) is 16.2 Å². The van der Waals surface area contributed by atoms with Gasteiger partial charge in [-0.25, -0.2) is 4.79 Å². The summed E-state index contributed by atoms with van der Waals surface area (Å²) in [6.07, 6.45) is 2.33. The first-order valence-electron chi connectivity index (χ1n) is 13.8. The molecule has 0 bridgehead atoms. The molecule has 1 fully saturated rings. The molecule has 8 heteroatoms. The van der Waals surface area contributed by atoms with Crippen molar-refractivity contribution in [1.29, 1.82) is 0 Å². The first-order chi connectivity index (χ1) is 18.8. The summed E-state index contributed by atoms with van der Waals surface area (Å²) in [5.41, 5.74) is 1.50. The van der Waals surface area contributed by atoms with Gasteiger partial charge in [-0.1, -0.05) is 49.4 Å². The summed E-state index contributed by atoms with van der Waals surface area (Å²) >= 11 is 0. The van der Waals surface area contributed by atoms with Crippen molar-refractivity contribution in [3.8, 4) is 5.75 Å². The lowest BCUT2D eigenvalue weighted by molar-refractivity contribution is 0.0346. The van der Waals surface area contributed by atoms with Crippen LogP contribution in [0.15, 0.2) is 60.7 Å². The van der Waals surface area contributed by atoms with Crippen molar-refractivity contribution in [2.45, 2.75) is 38.8 Å². The Morgan fingerprint density at radius 1 is 1.05 bits per heavy atom. The highest BCUT2D eigenvalue weighted by Crippen LogP contribution is 2.36. The molecule has 3 amide bonds. The summed E-state index contributed by atoms with van der Waals surface area (Å²) in [5.74, 6) is 0.896. The van der Waals surface area contributed by atoms with Crippen molar-refractivity contribution in [2.75, 3.05) is 43.9 Å². The van der Waals surface area contributed by atoms with Gasteiger partial charge in [0.2, 0.25) is 0 Å². The summed E-state index contributed by atoms with van der Waals surface area (Å²) < 4.78 is 6.61. The summed E-state index contributed by atoms with van der Waals surface area (Å²) in [6, 6.07) is 18.1. The number of anilines is 2. The van der Waals surface area contributed by atoms with Crippen molar-refractivity contribution in [3.05, 3.63) is 66.2 Å². The van der Waals surface area contributed by atoms with Gasteiger partial charge in [-0.2, -0.15) is 0 Å². The van der Waals surface area contributed by atoms with E-state index in [-0.39, 0.29) is 30.6 Å². The Balaban J connectivity index is 1.44. The van der Waals surface area contributed by atoms with Crippen LogP contribution in [0.2, 0.25) is 0 Å². The van der Waals surface area contributed by atoms with Gasteiger partial charge in [0.25, 0.3) is 5.91 Å². The van der Waals surface area contributed by atoms with Gasteiger partial charge in [0.05, 0.1) is 29.6 Å². The molecular weight excluding hydrogens is 492 g/mol. The Labute approximate surface area is 229 Å². The number of para-hydroxylation sites is 1. The molecule has 2 aliphatic rings. The van der Waals surface area contributed by atoms with E-state index in [1.807, 2.05) is 49.4 Å². The van der Waals surface area contributed by atoms with Crippen LogP contribution in [0.25, 0.3) is 10.8 Å². The number of benzene rings is 3. The van der Waals surface area contributed by atoms with E-state index >= 15 is 0 Å². The van der Waals surface area contributed by atoms with Crippen LogP contribution in [0, 0.1) is 11.8 Å². The Hall–Kier alpha value is -3.62. The zero-order chi connectivity index (χ0) is 27.5. The average molecular weight is 531 g/mol. The van der Waals surface area contributed by atoms with Gasteiger partial charge in [0.1, 0.15) is 6.10 Å². The largest absolute Gasteiger partial charge is 0.486 e. The van der Waals surface area contributed by atoms with E-state index in [0.29, 0.717) is 35.8 Å². The maximum atomic E-state index is 13.7. The number of carbonyl (C=O) groups is 2. The molecular formula is C31H38N4O4. The summed E-state index contributed by atoms with van der Waals surface area (Å²) in [5, 5.41) is 17.8. The number of ether oxygens (including phenoxy) is 1. The molecule has 0 unspecified atom stereocenters. The number of aliphatic hydroxyl groups excluding tert-OH is 1. The normalized spacial score (nSPS) is 20.1. The van der Waals surface area contributed by atoms with E-state index in [4.69, 9.17) is 4.74 Å². The lowest BCUT2D eigenvalue weighted by Gasteiger charge is -2.38. The van der Waals surface area contributed by atoms with Crippen LogP contribution in [0.3, 0.4) is 0 Å². The zero-order valence-corrected chi connectivity index (χ0v) is 22.9. The predicted molar refractivity (Wildman–Crippen MR) is 154 cm³/mol. The minimum atomic E-state index is -0.422. The van der Waals surface area contributed by atoms with Crippen LogP contribution in [-0.4, -0.2) is 72.3 Å². The minimum absolute atomic E-state index is 0.00955. The number of hydrogen-bond donors (Lipinski definition) is 3. The van der Waals surface area contributed by atoms with Crippen molar-refractivity contribution in [3.63, 3.8) is 0 Å². The zero-order valence-electron chi connectivity index (χ0n) is 22.9. The van der Waals surface area contributed by atoms with Gasteiger partial charge < -0.3 is 30.3 Å². The third-order valence-electron chi connectivity index (χ3n) is 7.74. The number of nitrogens with one attached hydrogen (secondary N) is 2. The summed E-state index contributed by atoms with van der Waals surface area (Å²) in [7, 11) is 2.11. The second kappa shape index (κ2) is 11.6. The number of nitrogens with zero attached hydrogens (tertiary/aromatic N) is 2. The van der Waals surface area contributed by atoms with Crippen molar-refractivity contribution < 1.29 is 19.4 Å². The van der Waals surface area contributed by atoms with Crippen LogP contribution >= 0.6 is 0 Å². The number of fused-ring (bicyclic) bond motifs is 2. The Morgan fingerprint density at radius 2 is 1.74 bits per heavy atom. The molecule has 0 saturated heterocycles. The first kappa shape index (κ1) is 27.0. The SMILES string of the molecule is C[C@@H]1CN([C@@H](C)CO)C(=O)c2cccc(NC(=O)Nc3cccc4ccccc34)c2O[C@@H]1CN(C)CC1CC1. The first-order valence-corrected chi connectivity index (χ1v) is 13.8. The van der Waals surface area contributed by atoms with E-state index in [9.17, 15) is 14.7 Å². The highest BCUT2D eigenvalue weighted by molar-refractivity contribution is 6.08. The van der Waals surface area contributed by atoms with Gasteiger partial charge in [-0.15, -0.1) is 0 Å². The molecule has 1 aliphatic heterocycles. The fraction of sp³-hybridized carbons (Fsp3) is 0.419. The van der Waals surface area contributed by atoms with Crippen LogP contribution in [-0.2, 0) is 0 Å². The van der Waals surface area contributed by atoms with Gasteiger partial charge in [0, 0.05) is 30.9 Å². The van der Waals surface area contributed by atoms with E-state index in [1.165, 1.54) is 12.8 Å². The minimum Gasteiger partial charge on any atom is -0.486 e. The second-order valence-corrected chi connectivity index (χ2v) is 11.1. The summed E-state index contributed by atoms with van der Waals surface area (Å²) in [6.45, 7) is 5.98. The third-order valence-corrected chi connectivity index (χ3v) is 7.74. The molecule has 3 atom stereocenters. The molecule has 3 aromatic rings. The molecule has 8 nitrogen and oxygen atoms in total. The number of rotatable bonds is 8. The van der Waals surface area contributed by atoms with Crippen LogP contribution in [0.5, 0.6) is 5.75 Å². The molecule has 39 heavy (non-hydrogen) atoms. The molecule has 5 rings (SSSR count). The number of carbonyl (C=O) groups excluding carboxylic acids is 2. The van der Waals surface area contributed by atoms with Crippen molar-refractivity contribution in [2.24, 2.45) is 11.8 Å². The number of aliphatic hydroxyl groups is 1. The molecule has 0 radical (unpaired) electrons. The molecule has 1 saturated carbocycles. The molecule has 1 aliphatic carbocycles. The number of amides is 3. The molecule has 206 valence electrons. The maximum absolute atomic E-state index is 13.7. The van der Waals surface area contributed by atoms with E-state index in [2.05, 4.69) is 29.5 Å². The fourth-order valence-corrected chi connectivity index (χ4v) is 5.29. The average Bonchev–Trinajstić information content (AvgIpc) is 3.74. The Bertz CT molecular complexity index is 1340. The van der Waals surface area contributed by atoms with Crippen molar-refractivity contribution >= 4 is 34.1 Å². The smallest absolute Gasteiger partial charge is 0.323 e. The van der Waals surface area contributed by atoms with E-state index < -0.39 is 6.03 Å². The molecule has 0 aromatic heterocycles. The van der Waals surface area contributed by atoms with Gasteiger partial charge in [0.15, 0.2) is 5.75 Å². The predicted octanol–water partition coefficient (Wildman–Crippen LogP) is 5.05. The van der Waals surface area contributed by atoms with Gasteiger partial charge in [-0.3, -0.25) is 4.79 Å². The van der Waals surface area contributed by atoms with E-state index in [0.717, 1.165) is 23.2 Å². The van der Waals surface area contributed by atoms with Crippen molar-refractivity contribution in [1.82, 2.24) is 9.80 Å². The quantitative estimate of drug-likeness (QED) is 0.379.